The SMILES string of the molecule is Cl.O=C(CCC1CCNC1)NC(c1ccccc1)C1CCCC1. The van der Waals surface area contributed by atoms with Crippen LogP contribution in [0.3, 0.4) is 0 Å². The molecule has 0 spiro atoms. The van der Waals surface area contributed by atoms with E-state index in [1.807, 2.05) is 6.07 Å². The first kappa shape index (κ1) is 18.3. The van der Waals surface area contributed by atoms with Crippen molar-refractivity contribution >= 4 is 18.3 Å². The van der Waals surface area contributed by atoms with Crippen molar-refractivity contribution in [3.05, 3.63) is 35.9 Å². The maximum Gasteiger partial charge on any atom is 0.220 e. The molecule has 2 atom stereocenters. The van der Waals surface area contributed by atoms with Gasteiger partial charge in [-0.2, -0.15) is 0 Å². The lowest BCUT2D eigenvalue weighted by atomic mass is 9.91. The van der Waals surface area contributed by atoms with Gasteiger partial charge >= 0.3 is 0 Å². The second-order valence-electron chi connectivity index (χ2n) is 6.90. The topological polar surface area (TPSA) is 41.1 Å². The summed E-state index contributed by atoms with van der Waals surface area (Å²) in [7, 11) is 0. The third-order valence-corrected chi connectivity index (χ3v) is 5.29. The molecule has 2 unspecified atom stereocenters. The van der Waals surface area contributed by atoms with E-state index in [4.69, 9.17) is 0 Å². The molecule has 1 aliphatic carbocycles. The first-order valence-electron chi connectivity index (χ1n) is 8.88. The van der Waals surface area contributed by atoms with E-state index in [9.17, 15) is 4.79 Å². The second kappa shape index (κ2) is 9.29. The van der Waals surface area contributed by atoms with E-state index in [1.165, 1.54) is 37.7 Å². The summed E-state index contributed by atoms with van der Waals surface area (Å²) in [6.07, 6.45) is 8.00. The number of rotatable bonds is 6. The molecule has 128 valence electrons. The highest BCUT2D eigenvalue weighted by Gasteiger charge is 2.27. The van der Waals surface area contributed by atoms with Crippen molar-refractivity contribution in [1.29, 1.82) is 0 Å². The smallest absolute Gasteiger partial charge is 0.220 e. The van der Waals surface area contributed by atoms with Gasteiger partial charge in [0, 0.05) is 6.42 Å². The monoisotopic (exact) mass is 336 g/mol. The fraction of sp³-hybridized carbons (Fsp3) is 0.632. The number of carbonyl (C=O) groups excluding carboxylic acids is 1. The van der Waals surface area contributed by atoms with E-state index in [2.05, 4.69) is 34.9 Å². The van der Waals surface area contributed by atoms with Crippen LogP contribution >= 0.6 is 12.4 Å². The van der Waals surface area contributed by atoms with Gasteiger partial charge in [0.25, 0.3) is 0 Å². The summed E-state index contributed by atoms with van der Waals surface area (Å²) in [4.78, 5) is 12.4. The van der Waals surface area contributed by atoms with Gasteiger partial charge in [0.15, 0.2) is 0 Å². The molecule has 1 aromatic rings. The number of nitrogens with one attached hydrogen (secondary N) is 2. The molecule has 1 saturated carbocycles. The van der Waals surface area contributed by atoms with Crippen LogP contribution in [0.5, 0.6) is 0 Å². The molecule has 1 saturated heterocycles. The fourth-order valence-corrected chi connectivity index (χ4v) is 3.97. The third-order valence-electron chi connectivity index (χ3n) is 5.29. The summed E-state index contributed by atoms with van der Waals surface area (Å²) >= 11 is 0. The molecule has 1 aromatic carbocycles. The number of hydrogen-bond donors (Lipinski definition) is 2. The van der Waals surface area contributed by atoms with Crippen LogP contribution < -0.4 is 10.6 Å². The minimum atomic E-state index is 0. The third kappa shape index (κ3) is 5.22. The highest BCUT2D eigenvalue weighted by molar-refractivity contribution is 5.85. The van der Waals surface area contributed by atoms with Crippen molar-refractivity contribution in [3.63, 3.8) is 0 Å². The summed E-state index contributed by atoms with van der Waals surface area (Å²) in [5.41, 5.74) is 1.27. The van der Waals surface area contributed by atoms with Gasteiger partial charge in [-0.05, 0) is 56.2 Å². The minimum Gasteiger partial charge on any atom is -0.349 e. The van der Waals surface area contributed by atoms with Gasteiger partial charge in [0.1, 0.15) is 0 Å². The van der Waals surface area contributed by atoms with Crippen LogP contribution in [0.1, 0.15) is 56.6 Å². The summed E-state index contributed by atoms with van der Waals surface area (Å²) in [6.45, 7) is 2.19. The first-order valence-corrected chi connectivity index (χ1v) is 8.88. The molecule has 1 amide bonds. The molecule has 2 N–H and O–H groups in total. The largest absolute Gasteiger partial charge is 0.349 e. The molecule has 0 radical (unpaired) electrons. The molecule has 2 fully saturated rings. The van der Waals surface area contributed by atoms with Crippen LogP contribution in [0.25, 0.3) is 0 Å². The van der Waals surface area contributed by atoms with Gasteiger partial charge in [0.05, 0.1) is 6.04 Å². The number of halogens is 1. The average Bonchev–Trinajstić information content (AvgIpc) is 3.25. The maximum absolute atomic E-state index is 12.4. The van der Waals surface area contributed by atoms with E-state index < -0.39 is 0 Å². The van der Waals surface area contributed by atoms with Crippen LogP contribution in [-0.4, -0.2) is 19.0 Å². The number of amides is 1. The van der Waals surface area contributed by atoms with Gasteiger partial charge < -0.3 is 10.6 Å². The predicted octanol–water partition coefficient (Wildman–Crippen LogP) is 3.85. The van der Waals surface area contributed by atoms with Gasteiger partial charge in [-0.25, -0.2) is 0 Å². The van der Waals surface area contributed by atoms with Crippen molar-refractivity contribution in [2.24, 2.45) is 11.8 Å². The molecule has 2 aliphatic rings. The number of hydrogen-bond acceptors (Lipinski definition) is 2. The van der Waals surface area contributed by atoms with Crippen molar-refractivity contribution in [2.75, 3.05) is 13.1 Å². The Balaban J connectivity index is 0.00000192. The quantitative estimate of drug-likeness (QED) is 0.828. The molecule has 0 aromatic heterocycles. The Kier molecular flexibility index (Phi) is 7.38. The van der Waals surface area contributed by atoms with Crippen molar-refractivity contribution in [1.82, 2.24) is 10.6 Å². The standard InChI is InChI=1S/C19H28N2O.ClH/c22-18(11-10-15-12-13-20-14-15)21-19(17-8-4-5-9-17)16-6-2-1-3-7-16;/h1-3,6-7,15,17,19-20H,4-5,8-14H2,(H,21,22);1H. The Bertz CT molecular complexity index is 468. The van der Waals surface area contributed by atoms with E-state index >= 15 is 0 Å². The number of carbonyl (C=O) groups is 1. The molecule has 1 heterocycles. The average molecular weight is 337 g/mol. The Morgan fingerprint density at radius 1 is 1.17 bits per heavy atom. The Hall–Kier alpha value is -1.06. The van der Waals surface area contributed by atoms with Crippen LogP contribution in [0.4, 0.5) is 0 Å². The molecule has 3 rings (SSSR count). The van der Waals surface area contributed by atoms with E-state index in [1.54, 1.807) is 0 Å². The maximum atomic E-state index is 12.4. The molecule has 23 heavy (non-hydrogen) atoms. The molecule has 4 heteroatoms. The Labute approximate surface area is 146 Å². The summed E-state index contributed by atoms with van der Waals surface area (Å²) in [5, 5.41) is 6.72. The van der Waals surface area contributed by atoms with Crippen molar-refractivity contribution in [3.8, 4) is 0 Å². The zero-order valence-corrected chi connectivity index (χ0v) is 14.6. The zero-order valence-electron chi connectivity index (χ0n) is 13.8. The van der Waals surface area contributed by atoms with Crippen molar-refractivity contribution in [2.45, 2.75) is 51.0 Å². The van der Waals surface area contributed by atoms with Crippen LogP contribution in [0.15, 0.2) is 30.3 Å². The predicted molar refractivity (Wildman–Crippen MR) is 96.7 cm³/mol. The minimum absolute atomic E-state index is 0. The first-order chi connectivity index (χ1) is 10.8. The lowest BCUT2D eigenvalue weighted by Gasteiger charge is -2.25. The highest BCUT2D eigenvalue weighted by atomic mass is 35.5. The van der Waals surface area contributed by atoms with E-state index in [0.29, 0.717) is 18.3 Å². The molecule has 0 bridgehead atoms. The summed E-state index contributed by atoms with van der Waals surface area (Å²) in [6, 6.07) is 10.7. The molecule has 3 nitrogen and oxygen atoms in total. The summed E-state index contributed by atoms with van der Waals surface area (Å²) in [5.74, 6) is 1.53. The lowest BCUT2D eigenvalue weighted by molar-refractivity contribution is -0.122. The number of benzene rings is 1. The molecule has 1 aliphatic heterocycles. The normalized spacial score (nSPS) is 22.5. The molecular formula is C19H29ClN2O. The summed E-state index contributed by atoms with van der Waals surface area (Å²) < 4.78 is 0. The Morgan fingerprint density at radius 3 is 2.57 bits per heavy atom. The fourth-order valence-electron chi connectivity index (χ4n) is 3.97. The van der Waals surface area contributed by atoms with Gasteiger partial charge in [0.2, 0.25) is 5.91 Å². The van der Waals surface area contributed by atoms with Gasteiger partial charge in [-0.15, -0.1) is 12.4 Å². The van der Waals surface area contributed by atoms with Crippen LogP contribution in [-0.2, 0) is 4.79 Å². The lowest BCUT2D eigenvalue weighted by Crippen LogP contribution is -2.33. The van der Waals surface area contributed by atoms with E-state index in [-0.39, 0.29) is 24.4 Å². The van der Waals surface area contributed by atoms with Crippen LogP contribution in [0, 0.1) is 11.8 Å². The van der Waals surface area contributed by atoms with Crippen LogP contribution in [0.2, 0.25) is 0 Å². The van der Waals surface area contributed by atoms with Crippen molar-refractivity contribution < 1.29 is 4.79 Å². The van der Waals surface area contributed by atoms with E-state index in [0.717, 1.165) is 19.5 Å². The zero-order chi connectivity index (χ0) is 15.2. The highest BCUT2D eigenvalue weighted by Crippen LogP contribution is 2.35. The van der Waals surface area contributed by atoms with Gasteiger partial charge in [-0.3, -0.25) is 4.79 Å². The van der Waals surface area contributed by atoms with Gasteiger partial charge in [-0.1, -0.05) is 43.2 Å². The Morgan fingerprint density at radius 2 is 1.91 bits per heavy atom. The second-order valence-corrected chi connectivity index (χ2v) is 6.90. The molecular weight excluding hydrogens is 308 g/mol.